The van der Waals surface area contributed by atoms with E-state index in [1.54, 1.807) is 6.33 Å². The van der Waals surface area contributed by atoms with Crippen LogP contribution in [0.1, 0.15) is 18.7 Å². The number of aromatic nitrogens is 6. The molecule has 0 spiro atoms. The number of nitrogens with one attached hydrogen (secondary N) is 1. The average molecular weight is 289 g/mol. The van der Waals surface area contributed by atoms with Gasteiger partial charge in [-0.3, -0.25) is 0 Å². The van der Waals surface area contributed by atoms with Crippen LogP contribution in [0.3, 0.4) is 0 Å². The molecular formula is C12H19N9. The van der Waals surface area contributed by atoms with Gasteiger partial charge in [0.2, 0.25) is 17.8 Å². The van der Waals surface area contributed by atoms with E-state index in [-0.39, 0.29) is 5.95 Å². The van der Waals surface area contributed by atoms with Crippen molar-refractivity contribution in [2.45, 2.75) is 19.3 Å². The van der Waals surface area contributed by atoms with E-state index in [4.69, 9.17) is 5.73 Å². The molecule has 3 rings (SSSR count). The molecule has 112 valence electrons. The Bertz CT molecular complexity index is 603. The van der Waals surface area contributed by atoms with Crippen LogP contribution in [-0.2, 0) is 13.5 Å². The highest BCUT2D eigenvalue weighted by Gasteiger charge is 2.16. The largest absolute Gasteiger partial charge is 0.368 e. The Morgan fingerprint density at radius 2 is 2.05 bits per heavy atom. The monoisotopic (exact) mass is 289 g/mol. The normalized spacial score (nSPS) is 14.6. The van der Waals surface area contributed by atoms with Gasteiger partial charge in [0.15, 0.2) is 0 Å². The first-order valence-corrected chi connectivity index (χ1v) is 7.05. The summed E-state index contributed by atoms with van der Waals surface area (Å²) in [4.78, 5) is 14.9. The maximum atomic E-state index is 5.76. The lowest BCUT2D eigenvalue weighted by molar-refractivity contribution is 0.784. The minimum atomic E-state index is 0.244. The van der Waals surface area contributed by atoms with Crippen molar-refractivity contribution < 1.29 is 0 Å². The van der Waals surface area contributed by atoms with Crippen LogP contribution in [0.25, 0.3) is 0 Å². The highest BCUT2D eigenvalue weighted by molar-refractivity contribution is 5.42. The molecule has 3 N–H and O–H groups in total. The van der Waals surface area contributed by atoms with Gasteiger partial charge in [0.25, 0.3) is 0 Å². The molecule has 3 heterocycles. The van der Waals surface area contributed by atoms with Gasteiger partial charge in [-0.2, -0.15) is 15.0 Å². The molecule has 0 amide bonds. The molecule has 21 heavy (non-hydrogen) atoms. The van der Waals surface area contributed by atoms with E-state index in [0.717, 1.165) is 25.3 Å². The third-order valence-corrected chi connectivity index (χ3v) is 3.47. The Morgan fingerprint density at radius 3 is 2.76 bits per heavy atom. The second-order valence-electron chi connectivity index (χ2n) is 5.05. The van der Waals surface area contributed by atoms with E-state index in [2.05, 4.69) is 35.4 Å². The van der Waals surface area contributed by atoms with E-state index >= 15 is 0 Å². The minimum Gasteiger partial charge on any atom is -0.368 e. The number of anilines is 3. The second-order valence-corrected chi connectivity index (χ2v) is 5.05. The molecule has 1 aliphatic heterocycles. The number of nitrogen functional groups attached to an aromatic ring is 1. The summed E-state index contributed by atoms with van der Waals surface area (Å²) < 4.78 is 1.89. The summed E-state index contributed by atoms with van der Waals surface area (Å²) >= 11 is 0. The Kier molecular flexibility index (Phi) is 3.80. The third kappa shape index (κ3) is 3.18. The van der Waals surface area contributed by atoms with E-state index < -0.39 is 0 Å². The minimum absolute atomic E-state index is 0.244. The number of aryl methyl sites for hydroxylation is 1. The average Bonchev–Trinajstić information content (AvgIpc) is 3.10. The van der Waals surface area contributed by atoms with E-state index in [9.17, 15) is 0 Å². The molecule has 0 bridgehead atoms. The Hall–Kier alpha value is -2.45. The molecule has 1 fully saturated rings. The number of hydrogen-bond donors (Lipinski definition) is 2. The van der Waals surface area contributed by atoms with Crippen LogP contribution in [0.2, 0.25) is 0 Å². The van der Waals surface area contributed by atoms with Crippen molar-refractivity contribution in [2.24, 2.45) is 7.05 Å². The van der Waals surface area contributed by atoms with Gasteiger partial charge in [-0.05, 0) is 12.8 Å². The summed E-state index contributed by atoms with van der Waals surface area (Å²) in [5.74, 6) is 2.31. The first-order valence-electron chi connectivity index (χ1n) is 7.05. The number of nitrogens with two attached hydrogens (primary N) is 1. The molecule has 2 aromatic rings. The predicted molar refractivity (Wildman–Crippen MR) is 78.9 cm³/mol. The zero-order chi connectivity index (χ0) is 14.7. The van der Waals surface area contributed by atoms with Crippen molar-refractivity contribution in [3.8, 4) is 0 Å². The van der Waals surface area contributed by atoms with E-state index in [1.165, 1.54) is 12.8 Å². The predicted octanol–water partition coefficient (Wildman–Crippen LogP) is -0.163. The summed E-state index contributed by atoms with van der Waals surface area (Å²) in [7, 11) is 1.92. The van der Waals surface area contributed by atoms with E-state index in [1.807, 2.05) is 11.6 Å². The maximum absolute atomic E-state index is 5.76. The zero-order valence-electron chi connectivity index (χ0n) is 12.0. The summed E-state index contributed by atoms with van der Waals surface area (Å²) in [5, 5.41) is 11.0. The van der Waals surface area contributed by atoms with Gasteiger partial charge < -0.3 is 20.5 Å². The van der Waals surface area contributed by atoms with Crippen molar-refractivity contribution in [3.05, 3.63) is 12.2 Å². The lowest BCUT2D eigenvalue weighted by atomic mass is 10.4. The first-order chi connectivity index (χ1) is 10.2. The highest BCUT2D eigenvalue weighted by Crippen LogP contribution is 2.17. The smallest absolute Gasteiger partial charge is 0.231 e. The molecule has 1 aliphatic rings. The Morgan fingerprint density at radius 1 is 1.24 bits per heavy atom. The van der Waals surface area contributed by atoms with Crippen LogP contribution in [0, 0.1) is 0 Å². The quantitative estimate of drug-likeness (QED) is 0.781. The molecule has 2 aromatic heterocycles. The summed E-state index contributed by atoms with van der Waals surface area (Å²) in [5.41, 5.74) is 5.76. The van der Waals surface area contributed by atoms with Crippen molar-refractivity contribution in [1.29, 1.82) is 0 Å². The van der Waals surface area contributed by atoms with Crippen LogP contribution in [0.5, 0.6) is 0 Å². The van der Waals surface area contributed by atoms with Gasteiger partial charge in [0.05, 0.1) is 0 Å². The number of nitrogens with zero attached hydrogens (tertiary/aromatic N) is 7. The fraction of sp³-hybridized carbons (Fsp3) is 0.583. The zero-order valence-corrected chi connectivity index (χ0v) is 12.0. The molecule has 0 saturated carbocycles. The Balaban J connectivity index is 1.63. The fourth-order valence-corrected chi connectivity index (χ4v) is 2.34. The molecular weight excluding hydrogens is 270 g/mol. The Labute approximate surface area is 122 Å². The van der Waals surface area contributed by atoms with Gasteiger partial charge in [0, 0.05) is 33.1 Å². The van der Waals surface area contributed by atoms with Gasteiger partial charge in [-0.15, -0.1) is 10.2 Å². The molecule has 9 heteroatoms. The summed E-state index contributed by atoms with van der Waals surface area (Å²) in [6, 6.07) is 0. The molecule has 0 radical (unpaired) electrons. The van der Waals surface area contributed by atoms with Crippen molar-refractivity contribution in [3.63, 3.8) is 0 Å². The van der Waals surface area contributed by atoms with Crippen LogP contribution in [0.4, 0.5) is 17.8 Å². The lowest BCUT2D eigenvalue weighted by Gasteiger charge is -2.15. The third-order valence-electron chi connectivity index (χ3n) is 3.47. The topological polar surface area (TPSA) is 111 Å². The molecule has 1 saturated heterocycles. The fourth-order valence-electron chi connectivity index (χ4n) is 2.34. The van der Waals surface area contributed by atoms with Crippen LogP contribution in [0.15, 0.2) is 6.33 Å². The molecule has 0 unspecified atom stereocenters. The van der Waals surface area contributed by atoms with Crippen molar-refractivity contribution in [2.75, 3.05) is 35.6 Å². The van der Waals surface area contributed by atoms with Gasteiger partial charge in [-0.1, -0.05) is 0 Å². The van der Waals surface area contributed by atoms with Crippen LogP contribution < -0.4 is 16.0 Å². The second kappa shape index (κ2) is 5.90. The maximum Gasteiger partial charge on any atom is 0.231 e. The number of hydrogen-bond acceptors (Lipinski definition) is 8. The van der Waals surface area contributed by atoms with Crippen molar-refractivity contribution >= 4 is 17.8 Å². The summed E-state index contributed by atoms with van der Waals surface area (Å²) in [6.07, 6.45) is 4.75. The van der Waals surface area contributed by atoms with Crippen molar-refractivity contribution in [1.82, 2.24) is 29.7 Å². The standard InChI is InChI=1S/C12H19N9/c1-20-8-15-19-9(20)4-5-14-11-16-10(13)17-12(18-11)21-6-2-3-7-21/h8H,2-7H2,1H3,(H3,13,14,16,17,18). The molecule has 0 aliphatic carbocycles. The highest BCUT2D eigenvalue weighted by atomic mass is 15.3. The van der Waals surface area contributed by atoms with E-state index in [0.29, 0.717) is 18.4 Å². The van der Waals surface area contributed by atoms with Gasteiger partial charge in [-0.25, -0.2) is 0 Å². The van der Waals surface area contributed by atoms with Crippen LogP contribution >= 0.6 is 0 Å². The van der Waals surface area contributed by atoms with Gasteiger partial charge >= 0.3 is 0 Å². The summed E-state index contributed by atoms with van der Waals surface area (Å²) in [6.45, 7) is 2.61. The molecule has 0 aromatic carbocycles. The van der Waals surface area contributed by atoms with Crippen LogP contribution in [-0.4, -0.2) is 49.4 Å². The molecule has 9 nitrogen and oxygen atoms in total. The van der Waals surface area contributed by atoms with Gasteiger partial charge in [0.1, 0.15) is 12.2 Å². The number of rotatable bonds is 5. The lowest BCUT2D eigenvalue weighted by Crippen LogP contribution is -2.22. The first kappa shape index (κ1) is 13.5. The molecule has 0 atom stereocenters. The SMILES string of the molecule is Cn1cnnc1CCNc1nc(N)nc(N2CCCC2)n1.